The van der Waals surface area contributed by atoms with Crippen LogP contribution in [0.4, 0.5) is 0 Å². The molecule has 0 saturated carbocycles. The molecule has 1 saturated heterocycles. The molecule has 114 valence electrons. The Bertz CT molecular complexity index is 603. The summed E-state index contributed by atoms with van der Waals surface area (Å²) in [4.78, 5) is 25.5. The number of piperidine rings is 1. The summed E-state index contributed by atoms with van der Waals surface area (Å²) in [6.07, 6.45) is 0.821. The second kappa shape index (κ2) is 5.66. The van der Waals surface area contributed by atoms with Gasteiger partial charge in [0.05, 0.1) is 6.54 Å². The maximum absolute atomic E-state index is 12.6. The van der Waals surface area contributed by atoms with Gasteiger partial charge in [-0.3, -0.25) is 9.59 Å². The number of aryl methyl sites for hydroxylation is 2. The van der Waals surface area contributed by atoms with Gasteiger partial charge in [0, 0.05) is 17.1 Å². The molecule has 1 heterocycles. The quantitative estimate of drug-likeness (QED) is 0.866. The van der Waals surface area contributed by atoms with E-state index in [1.165, 1.54) is 4.90 Å². The van der Waals surface area contributed by atoms with Crippen LogP contribution in [0.5, 0.6) is 0 Å². The highest BCUT2D eigenvalue weighted by Gasteiger charge is 2.40. The van der Waals surface area contributed by atoms with Crippen molar-refractivity contribution in [3.63, 3.8) is 0 Å². The summed E-state index contributed by atoms with van der Waals surface area (Å²) in [5.41, 5.74) is 5.71. The number of benzene rings is 1. The van der Waals surface area contributed by atoms with Crippen molar-refractivity contribution in [1.82, 2.24) is 4.90 Å². The van der Waals surface area contributed by atoms with E-state index in [0.29, 0.717) is 23.6 Å². The van der Waals surface area contributed by atoms with Crippen molar-refractivity contribution in [3.8, 4) is 0 Å². The van der Waals surface area contributed by atoms with Crippen molar-refractivity contribution in [1.29, 1.82) is 0 Å². The van der Waals surface area contributed by atoms with Gasteiger partial charge in [-0.2, -0.15) is 0 Å². The van der Waals surface area contributed by atoms with Gasteiger partial charge < -0.3 is 15.7 Å². The number of hydrogen-bond donors (Lipinski definition) is 2. The third kappa shape index (κ3) is 3.04. The van der Waals surface area contributed by atoms with E-state index in [1.54, 1.807) is 12.1 Å². The van der Waals surface area contributed by atoms with Crippen LogP contribution in [-0.2, 0) is 4.79 Å². The Kier molecular flexibility index (Phi) is 4.25. The van der Waals surface area contributed by atoms with Crippen LogP contribution in [0.1, 0.15) is 34.3 Å². The summed E-state index contributed by atoms with van der Waals surface area (Å²) >= 11 is 6.04. The van der Waals surface area contributed by atoms with Gasteiger partial charge in [-0.1, -0.05) is 11.6 Å². The van der Waals surface area contributed by atoms with E-state index in [9.17, 15) is 14.7 Å². The molecule has 6 heteroatoms. The zero-order valence-corrected chi connectivity index (χ0v) is 12.9. The van der Waals surface area contributed by atoms with E-state index in [1.807, 2.05) is 13.8 Å². The standard InChI is InChI=1S/C15H19ClN2O3/c1-9-7-12(16)10(2)6-11(9)13(19)18-5-3-4-15(21,8-18)14(17)20/h6-7,21H,3-5,8H2,1-2H3,(H2,17,20)/t15-/m1/s1. The predicted octanol–water partition coefficient (Wildman–Crippen LogP) is 1.41. The van der Waals surface area contributed by atoms with Crippen LogP contribution >= 0.6 is 11.6 Å². The van der Waals surface area contributed by atoms with E-state index < -0.39 is 11.5 Å². The molecule has 5 nitrogen and oxygen atoms in total. The molecule has 1 aliphatic rings. The summed E-state index contributed by atoms with van der Waals surface area (Å²) in [5, 5.41) is 10.8. The zero-order chi connectivity index (χ0) is 15.8. The van der Waals surface area contributed by atoms with Gasteiger partial charge >= 0.3 is 0 Å². The number of carbonyl (C=O) groups excluding carboxylic acids is 2. The lowest BCUT2D eigenvalue weighted by molar-refractivity contribution is -0.140. The molecule has 1 aliphatic heterocycles. The molecule has 1 atom stereocenters. The van der Waals surface area contributed by atoms with Gasteiger partial charge in [-0.05, 0) is 49.9 Å². The number of hydrogen-bond acceptors (Lipinski definition) is 3. The largest absolute Gasteiger partial charge is 0.378 e. The summed E-state index contributed by atoms with van der Waals surface area (Å²) in [5.74, 6) is -1.00. The highest BCUT2D eigenvalue weighted by molar-refractivity contribution is 6.31. The van der Waals surface area contributed by atoms with Crippen molar-refractivity contribution in [2.75, 3.05) is 13.1 Å². The van der Waals surface area contributed by atoms with E-state index in [2.05, 4.69) is 0 Å². The molecule has 1 aromatic rings. The minimum Gasteiger partial charge on any atom is -0.378 e. The SMILES string of the molecule is Cc1cc(C(=O)N2CCC[C@](O)(C(N)=O)C2)c(C)cc1Cl. The molecule has 2 rings (SSSR count). The second-order valence-corrected chi connectivity index (χ2v) is 6.05. The van der Waals surface area contributed by atoms with Crippen LogP contribution in [0.3, 0.4) is 0 Å². The first kappa shape index (κ1) is 15.8. The Morgan fingerprint density at radius 1 is 1.33 bits per heavy atom. The Morgan fingerprint density at radius 3 is 2.62 bits per heavy atom. The monoisotopic (exact) mass is 310 g/mol. The maximum atomic E-state index is 12.6. The molecule has 1 fully saturated rings. The van der Waals surface area contributed by atoms with Gasteiger partial charge in [0.2, 0.25) is 0 Å². The lowest BCUT2D eigenvalue weighted by atomic mass is 9.91. The molecule has 21 heavy (non-hydrogen) atoms. The van der Waals surface area contributed by atoms with Crippen LogP contribution < -0.4 is 5.73 Å². The van der Waals surface area contributed by atoms with Crippen LogP contribution in [-0.4, -0.2) is 40.5 Å². The number of amides is 2. The number of nitrogens with two attached hydrogens (primary N) is 1. The van der Waals surface area contributed by atoms with E-state index >= 15 is 0 Å². The molecule has 1 aromatic carbocycles. The normalized spacial score (nSPS) is 22.2. The summed E-state index contributed by atoms with van der Waals surface area (Å²) < 4.78 is 0. The molecule has 0 bridgehead atoms. The zero-order valence-electron chi connectivity index (χ0n) is 12.1. The average molecular weight is 311 g/mol. The molecule has 2 amide bonds. The lowest BCUT2D eigenvalue weighted by Gasteiger charge is -2.37. The average Bonchev–Trinajstić information content (AvgIpc) is 2.42. The van der Waals surface area contributed by atoms with E-state index in [-0.39, 0.29) is 18.9 Å². The number of primary amides is 1. The summed E-state index contributed by atoms with van der Waals surface area (Å²) in [6.45, 7) is 4.06. The van der Waals surface area contributed by atoms with Gasteiger partial charge in [0.15, 0.2) is 5.60 Å². The number of likely N-dealkylation sites (tertiary alicyclic amines) is 1. The first-order valence-corrected chi connectivity index (χ1v) is 7.21. The van der Waals surface area contributed by atoms with Crippen molar-refractivity contribution in [2.24, 2.45) is 5.73 Å². The highest BCUT2D eigenvalue weighted by atomic mass is 35.5. The fourth-order valence-electron chi connectivity index (χ4n) is 2.59. The number of nitrogens with zero attached hydrogens (tertiary/aromatic N) is 1. The van der Waals surface area contributed by atoms with Crippen LogP contribution in [0.15, 0.2) is 12.1 Å². The Hall–Kier alpha value is -1.59. The molecule has 0 aliphatic carbocycles. The fraction of sp³-hybridized carbons (Fsp3) is 0.467. The molecular weight excluding hydrogens is 292 g/mol. The predicted molar refractivity (Wildman–Crippen MR) is 80.2 cm³/mol. The van der Waals surface area contributed by atoms with Gasteiger partial charge in [0.1, 0.15) is 0 Å². The molecule has 0 unspecified atom stereocenters. The smallest absolute Gasteiger partial charge is 0.254 e. The highest BCUT2D eigenvalue weighted by Crippen LogP contribution is 2.25. The molecule has 0 aromatic heterocycles. The van der Waals surface area contributed by atoms with E-state index in [0.717, 1.165) is 11.1 Å². The number of aliphatic hydroxyl groups is 1. The maximum Gasteiger partial charge on any atom is 0.254 e. The molecule has 3 N–H and O–H groups in total. The van der Waals surface area contributed by atoms with Crippen LogP contribution in [0.25, 0.3) is 0 Å². The second-order valence-electron chi connectivity index (χ2n) is 5.64. The number of carbonyl (C=O) groups is 2. The Balaban J connectivity index is 2.28. The Morgan fingerprint density at radius 2 is 2.00 bits per heavy atom. The minimum atomic E-state index is -1.64. The molecule has 0 radical (unpaired) electrons. The summed E-state index contributed by atoms with van der Waals surface area (Å²) in [6, 6.07) is 3.48. The van der Waals surface area contributed by atoms with Gasteiger partial charge in [0.25, 0.3) is 11.8 Å². The fourth-order valence-corrected chi connectivity index (χ4v) is 2.81. The minimum absolute atomic E-state index is 0.0672. The third-order valence-corrected chi connectivity index (χ3v) is 4.36. The van der Waals surface area contributed by atoms with E-state index in [4.69, 9.17) is 17.3 Å². The first-order valence-electron chi connectivity index (χ1n) is 6.83. The van der Waals surface area contributed by atoms with Gasteiger partial charge in [-0.25, -0.2) is 0 Å². The van der Waals surface area contributed by atoms with Crippen molar-refractivity contribution in [3.05, 3.63) is 33.8 Å². The number of halogens is 1. The van der Waals surface area contributed by atoms with Crippen molar-refractivity contribution >= 4 is 23.4 Å². The third-order valence-electron chi connectivity index (χ3n) is 3.95. The van der Waals surface area contributed by atoms with Gasteiger partial charge in [-0.15, -0.1) is 0 Å². The summed E-state index contributed by atoms with van der Waals surface area (Å²) in [7, 11) is 0. The molecular formula is C15H19ClN2O3. The van der Waals surface area contributed by atoms with Crippen molar-refractivity contribution < 1.29 is 14.7 Å². The number of β-amino-alcohol motifs (C(OH)–C–C–N with tert-alkyl or cyclic N) is 1. The van der Waals surface area contributed by atoms with Crippen molar-refractivity contribution in [2.45, 2.75) is 32.3 Å². The Labute approximate surface area is 128 Å². The topological polar surface area (TPSA) is 83.6 Å². The first-order chi connectivity index (χ1) is 9.74. The van der Waals surface area contributed by atoms with Crippen LogP contribution in [0.2, 0.25) is 5.02 Å². The number of rotatable bonds is 2. The molecule has 0 spiro atoms. The van der Waals surface area contributed by atoms with Crippen LogP contribution in [0, 0.1) is 13.8 Å². The lowest BCUT2D eigenvalue weighted by Crippen LogP contribution is -2.57.